The second-order valence-corrected chi connectivity index (χ2v) is 9.60. The molecule has 0 bridgehead atoms. The van der Waals surface area contributed by atoms with Gasteiger partial charge in [0.25, 0.3) is 0 Å². The van der Waals surface area contributed by atoms with Crippen LogP contribution in [0.2, 0.25) is 0 Å². The van der Waals surface area contributed by atoms with Crippen molar-refractivity contribution in [3.05, 3.63) is 77.0 Å². The Morgan fingerprint density at radius 3 is 2.45 bits per heavy atom. The van der Waals surface area contributed by atoms with E-state index < -0.39 is 6.61 Å². The fourth-order valence-corrected chi connectivity index (χ4v) is 5.76. The lowest BCUT2D eigenvalue weighted by molar-refractivity contribution is -0.0498. The molecule has 0 fully saturated rings. The quantitative estimate of drug-likeness (QED) is 0.320. The minimum Gasteiger partial charge on any atom is -0.435 e. The first kappa shape index (κ1) is 21.7. The number of rotatable bonds is 6. The number of imidazole rings is 1. The topological polar surface area (TPSA) is 54.0 Å². The minimum absolute atomic E-state index is 0.139. The van der Waals surface area contributed by atoms with Gasteiger partial charge in [0.15, 0.2) is 5.13 Å². The van der Waals surface area contributed by atoms with Crippen molar-refractivity contribution in [2.75, 3.05) is 10.8 Å². The summed E-state index contributed by atoms with van der Waals surface area (Å²) in [5.41, 5.74) is 4.81. The summed E-state index contributed by atoms with van der Waals surface area (Å²) < 4.78 is 29.6. The summed E-state index contributed by atoms with van der Waals surface area (Å²) in [6.07, 6.45) is 1.81. The molecule has 1 N–H and O–H groups in total. The lowest BCUT2D eigenvalue weighted by Crippen LogP contribution is -2.16. The van der Waals surface area contributed by atoms with E-state index >= 15 is 0 Å². The van der Waals surface area contributed by atoms with Crippen LogP contribution in [0.25, 0.3) is 27.7 Å². The summed E-state index contributed by atoms with van der Waals surface area (Å²) in [6, 6.07) is 16.8. The van der Waals surface area contributed by atoms with Crippen molar-refractivity contribution in [1.82, 2.24) is 15.0 Å². The molecule has 1 aliphatic heterocycles. The van der Waals surface area contributed by atoms with E-state index in [0.717, 1.165) is 54.8 Å². The van der Waals surface area contributed by atoms with Gasteiger partial charge < -0.3 is 14.6 Å². The Hall–Kier alpha value is -3.17. The SMILES string of the molecule is CC1=C(c2ccc(OC(F)F)cc2)N(c2nc(-c3ccccc3)c(-c3ncc(C)[nH]3)s2)CS1. The first-order valence-electron chi connectivity index (χ1n) is 10.2. The molecule has 0 atom stereocenters. The Morgan fingerprint density at radius 2 is 1.79 bits per heavy atom. The van der Waals surface area contributed by atoms with Gasteiger partial charge in [0.05, 0.1) is 22.1 Å². The Balaban J connectivity index is 1.55. The molecule has 0 spiro atoms. The molecule has 168 valence electrons. The molecule has 0 saturated heterocycles. The number of aromatic nitrogens is 3. The van der Waals surface area contributed by atoms with Crippen molar-refractivity contribution < 1.29 is 13.5 Å². The van der Waals surface area contributed by atoms with Crippen molar-refractivity contribution in [2.45, 2.75) is 20.5 Å². The highest BCUT2D eigenvalue weighted by Gasteiger charge is 2.28. The lowest BCUT2D eigenvalue weighted by atomic mass is 10.1. The van der Waals surface area contributed by atoms with E-state index in [2.05, 4.69) is 26.5 Å². The van der Waals surface area contributed by atoms with Crippen LogP contribution in [-0.2, 0) is 0 Å². The van der Waals surface area contributed by atoms with Gasteiger partial charge in [0.2, 0.25) is 0 Å². The number of anilines is 1. The van der Waals surface area contributed by atoms with Crippen molar-refractivity contribution >= 4 is 33.9 Å². The Morgan fingerprint density at radius 1 is 1.03 bits per heavy atom. The number of H-pyrrole nitrogens is 1. The predicted octanol–water partition coefficient (Wildman–Crippen LogP) is 7.01. The van der Waals surface area contributed by atoms with Gasteiger partial charge in [-0.3, -0.25) is 0 Å². The molecule has 0 unspecified atom stereocenters. The summed E-state index contributed by atoms with van der Waals surface area (Å²) in [5, 5.41) is 0.852. The number of nitrogens with one attached hydrogen (secondary N) is 1. The molecular weight excluding hydrogens is 462 g/mol. The zero-order valence-electron chi connectivity index (χ0n) is 17.9. The van der Waals surface area contributed by atoms with E-state index in [1.165, 1.54) is 0 Å². The number of hydrogen-bond acceptors (Lipinski definition) is 6. The number of alkyl halides is 2. The Labute approximate surface area is 198 Å². The van der Waals surface area contributed by atoms with Crippen LogP contribution < -0.4 is 9.64 Å². The second kappa shape index (κ2) is 8.99. The normalized spacial score (nSPS) is 13.9. The first-order valence-corrected chi connectivity index (χ1v) is 12.0. The van der Waals surface area contributed by atoms with Crippen LogP contribution in [0.5, 0.6) is 5.75 Å². The summed E-state index contributed by atoms with van der Waals surface area (Å²) in [4.78, 5) is 17.2. The van der Waals surface area contributed by atoms with Crippen molar-refractivity contribution in [3.63, 3.8) is 0 Å². The third-order valence-electron chi connectivity index (χ3n) is 5.18. The molecule has 2 aromatic carbocycles. The zero-order valence-corrected chi connectivity index (χ0v) is 19.5. The van der Waals surface area contributed by atoms with Crippen LogP contribution in [-0.4, -0.2) is 27.4 Å². The largest absolute Gasteiger partial charge is 0.435 e. The van der Waals surface area contributed by atoms with Crippen molar-refractivity contribution in [1.29, 1.82) is 0 Å². The molecule has 1 aliphatic rings. The van der Waals surface area contributed by atoms with Crippen LogP contribution >= 0.6 is 23.1 Å². The smallest absolute Gasteiger partial charge is 0.387 e. The fraction of sp³-hybridized carbons (Fsp3) is 0.167. The van der Waals surface area contributed by atoms with Gasteiger partial charge in [0.1, 0.15) is 11.6 Å². The molecule has 4 aromatic rings. The molecule has 0 amide bonds. The third kappa shape index (κ3) is 4.38. The van der Waals surface area contributed by atoms with Crippen molar-refractivity contribution in [2.24, 2.45) is 0 Å². The average Bonchev–Trinajstić information content (AvgIpc) is 3.52. The summed E-state index contributed by atoms with van der Waals surface area (Å²) in [6.45, 7) is 1.20. The molecule has 9 heteroatoms. The zero-order chi connectivity index (χ0) is 22.9. The molecule has 0 aliphatic carbocycles. The molecule has 5 rings (SSSR count). The monoisotopic (exact) mass is 482 g/mol. The average molecular weight is 483 g/mol. The molecule has 33 heavy (non-hydrogen) atoms. The van der Waals surface area contributed by atoms with Crippen LogP contribution in [0.15, 0.2) is 65.7 Å². The van der Waals surface area contributed by atoms with E-state index in [1.807, 2.05) is 43.5 Å². The Bertz CT molecular complexity index is 1300. The number of benzene rings is 2. The summed E-state index contributed by atoms with van der Waals surface area (Å²) in [5.74, 6) is 1.65. The minimum atomic E-state index is -2.84. The standard InChI is InChI=1S/C24H20F2N4OS2/c1-14-12-27-22(28-14)21-19(16-6-4-3-5-7-16)29-24(33-21)30-13-32-15(2)20(30)17-8-10-18(11-9-17)31-23(25)26/h3-12,23H,13H2,1-2H3,(H,27,28). The second-order valence-electron chi connectivity index (χ2n) is 7.46. The van der Waals surface area contributed by atoms with E-state index in [-0.39, 0.29) is 5.75 Å². The number of thiazole rings is 1. The van der Waals surface area contributed by atoms with E-state index in [1.54, 1.807) is 47.4 Å². The number of halogens is 2. The van der Waals surface area contributed by atoms with Gasteiger partial charge in [-0.1, -0.05) is 41.7 Å². The van der Waals surface area contributed by atoms with Crippen LogP contribution in [0.3, 0.4) is 0 Å². The van der Waals surface area contributed by atoms with Gasteiger partial charge >= 0.3 is 6.61 Å². The molecule has 3 heterocycles. The summed E-state index contributed by atoms with van der Waals surface area (Å²) in [7, 11) is 0. The van der Waals surface area contributed by atoms with E-state index in [4.69, 9.17) is 4.98 Å². The number of thioether (sulfide) groups is 1. The molecule has 0 saturated carbocycles. The number of hydrogen-bond donors (Lipinski definition) is 1. The fourth-order valence-electron chi connectivity index (χ4n) is 3.69. The first-order chi connectivity index (χ1) is 16.0. The highest BCUT2D eigenvalue weighted by Crippen LogP contribution is 2.46. The maximum atomic E-state index is 12.5. The number of ether oxygens (including phenoxy) is 1. The maximum Gasteiger partial charge on any atom is 0.387 e. The number of aromatic amines is 1. The number of nitrogens with zero attached hydrogens (tertiary/aromatic N) is 3. The Kier molecular flexibility index (Phi) is 5.90. The molecule has 0 radical (unpaired) electrons. The predicted molar refractivity (Wildman–Crippen MR) is 130 cm³/mol. The van der Waals surface area contributed by atoms with Gasteiger partial charge in [-0.15, -0.1) is 11.8 Å². The van der Waals surface area contributed by atoms with Gasteiger partial charge in [-0.2, -0.15) is 8.78 Å². The molecule has 2 aromatic heterocycles. The number of aryl methyl sites for hydroxylation is 1. The van der Waals surface area contributed by atoms with Gasteiger partial charge in [-0.25, -0.2) is 9.97 Å². The van der Waals surface area contributed by atoms with Gasteiger partial charge in [0, 0.05) is 22.4 Å². The number of allylic oxidation sites excluding steroid dienone is 1. The van der Waals surface area contributed by atoms with Crippen LogP contribution in [0.4, 0.5) is 13.9 Å². The van der Waals surface area contributed by atoms with E-state index in [9.17, 15) is 8.78 Å². The lowest BCUT2D eigenvalue weighted by Gasteiger charge is -2.19. The van der Waals surface area contributed by atoms with Crippen LogP contribution in [0, 0.1) is 6.92 Å². The maximum absolute atomic E-state index is 12.5. The molecule has 5 nitrogen and oxygen atoms in total. The third-order valence-corrected chi connectivity index (χ3v) is 7.28. The highest BCUT2D eigenvalue weighted by atomic mass is 32.2. The highest BCUT2D eigenvalue weighted by molar-refractivity contribution is 8.03. The summed E-state index contributed by atoms with van der Waals surface area (Å²) >= 11 is 3.31. The molecular formula is C24H20F2N4OS2. The van der Waals surface area contributed by atoms with E-state index in [0.29, 0.717) is 0 Å². The van der Waals surface area contributed by atoms with Gasteiger partial charge in [-0.05, 0) is 43.7 Å². The van der Waals surface area contributed by atoms with Crippen molar-refractivity contribution in [3.8, 4) is 27.7 Å². The van der Waals surface area contributed by atoms with Crippen LogP contribution in [0.1, 0.15) is 18.2 Å².